The Balaban J connectivity index is 2.08. The lowest BCUT2D eigenvalue weighted by molar-refractivity contribution is -0.243. The van der Waals surface area contributed by atoms with Gasteiger partial charge in [-0.2, -0.15) is 0 Å². The molecule has 174 valence electrons. The molecule has 0 radical (unpaired) electrons. The van der Waals surface area contributed by atoms with Gasteiger partial charge in [0.2, 0.25) is 0 Å². The minimum Gasteiger partial charge on any atom is -0.394 e. The second kappa shape index (κ2) is 16.9. The van der Waals surface area contributed by atoms with Crippen molar-refractivity contribution < 1.29 is 28.8 Å². The zero-order valence-corrected chi connectivity index (χ0v) is 20.3. The van der Waals surface area contributed by atoms with Gasteiger partial charge in [0.1, 0.15) is 0 Å². The molecule has 4 unspecified atom stereocenters. The zero-order valence-electron chi connectivity index (χ0n) is 18.7. The van der Waals surface area contributed by atoms with Gasteiger partial charge in [-0.1, -0.05) is 42.6 Å². The maximum atomic E-state index is 8.59. The van der Waals surface area contributed by atoms with Crippen LogP contribution in [0.15, 0.2) is 0 Å². The number of hydrogen-bond donors (Lipinski definition) is 1. The van der Waals surface area contributed by atoms with Gasteiger partial charge in [-0.15, -0.1) is 0 Å². The molecule has 0 aliphatic heterocycles. The summed E-state index contributed by atoms with van der Waals surface area (Å²) >= 11 is 3.76. The molecular formula is C22H43BrO6. The Hall–Kier alpha value is 0.240. The highest BCUT2D eigenvalue weighted by molar-refractivity contribution is 9.09. The summed E-state index contributed by atoms with van der Waals surface area (Å²) in [5.41, 5.74) is 0. The molecule has 0 saturated heterocycles. The van der Waals surface area contributed by atoms with Crippen LogP contribution in [0.1, 0.15) is 65.2 Å². The molecular weight excluding hydrogens is 440 g/mol. The third-order valence-electron chi connectivity index (χ3n) is 5.60. The van der Waals surface area contributed by atoms with E-state index in [0.717, 1.165) is 38.7 Å². The highest BCUT2D eigenvalue weighted by Crippen LogP contribution is 2.42. The molecule has 7 heteroatoms. The Morgan fingerprint density at radius 2 is 1.62 bits per heavy atom. The number of hydrogen-bond acceptors (Lipinski definition) is 6. The molecule has 0 spiro atoms. The van der Waals surface area contributed by atoms with Crippen molar-refractivity contribution in [3.63, 3.8) is 0 Å². The van der Waals surface area contributed by atoms with E-state index in [4.69, 9.17) is 28.8 Å². The molecule has 0 aromatic rings. The molecule has 0 aromatic heterocycles. The normalized spacial score (nSPS) is 24.1. The van der Waals surface area contributed by atoms with Crippen LogP contribution in [-0.2, 0) is 23.7 Å². The molecule has 1 N–H and O–H groups in total. The summed E-state index contributed by atoms with van der Waals surface area (Å²) in [6.45, 7) is 7.83. The summed E-state index contributed by atoms with van der Waals surface area (Å²) in [6.07, 6.45) is 8.88. The van der Waals surface area contributed by atoms with E-state index >= 15 is 0 Å². The number of halogens is 1. The van der Waals surface area contributed by atoms with Crippen molar-refractivity contribution in [3.8, 4) is 0 Å². The van der Waals surface area contributed by atoms with Crippen molar-refractivity contribution in [1.29, 1.82) is 0 Å². The van der Waals surface area contributed by atoms with E-state index in [1.807, 2.05) is 0 Å². The second-order valence-electron chi connectivity index (χ2n) is 7.77. The Labute approximate surface area is 186 Å². The van der Waals surface area contributed by atoms with Crippen molar-refractivity contribution in [2.24, 2.45) is 5.92 Å². The fourth-order valence-electron chi connectivity index (χ4n) is 3.85. The van der Waals surface area contributed by atoms with Crippen LogP contribution in [0.3, 0.4) is 0 Å². The van der Waals surface area contributed by atoms with Crippen molar-refractivity contribution in [2.75, 3.05) is 53.4 Å². The summed E-state index contributed by atoms with van der Waals surface area (Å²) in [5.74, 6) is 0.270. The Morgan fingerprint density at radius 1 is 0.966 bits per heavy atom. The summed E-state index contributed by atoms with van der Waals surface area (Å²) < 4.78 is 28.5. The average molecular weight is 483 g/mol. The summed E-state index contributed by atoms with van der Waals surface area (Å²) in [6, 6.07) is 0. The summed E-state index contributed by atoms with van der Waals surface area (Å²) in [5, 5.41) is 8.59. The summed E-state index contributed by atoms with van der Waals surface area (Å²) in [7, 11) is 1.79. The van der Waals surface area contributed by atoms with Crippen molar-refractivity contribution in [2.45, 2.75) is 81.9 Å². The number of aliphatic hydroxyl groups excluding tert-OH is 1. The van der Waals surface area contributed by atoms with Gasteiger partial charge in [-0.25, -0.2) is 0 Å². The first-order valence-corrected chi connectivity index (χ1v) is 12.2. The highest BCUT2D eigenvalue weighted by atomic mass is 79.9. The maximum absolute atomic E-state index is 8.59. The van der Waals surface area contributed by atoms with Crippen LogP contribution < -0.4 is 0 Å². The largest absolute Gasteiger partial charge is 0.394 e. The molecule has 0 bridgehead atoms. The van der Waals surface area contributed by atoms with Gasteiger partial charge in [0.25, 0.3) is 0 Å². The predicted molar refractivity (Wildman–Crippen MR) is 119 cm³/mol. The van der Waals surface area contributed by atoms with E-state index in [-0.39, 0.29) is 12.7 Å². The standard InChI is InChI=1S/C22H43BrO6/c1-4-20(23)21(5-2)29-22(25-3)10-9-19(18-22)8-6-7-12-26-14-16-28-17-15-27-13-11-24/h19-21,24H,4-18H2,1-3H3. The Kier molecular flexibility index (Phi) is 15.9. The Morgan fingerprint density at radius 3 is 2.21 bits per heavy atom. The second-order valence-corrected chi connectivity index (χ2v) is 8.95. The van der Waals surface area contributed by atoms with Gasteiger partial charge in [0, 0.05) is 31.4 Å². The minimum atomic E-state index is -0.402. The van der Waals surface area contributed by atoms with E-state index < -0.39 is 5.79 Å². The van der Waals surface area contributed by atoms with Crippen LogP contribution in [-0.4, -0.2) is 75.2 Å². The monoisotopic (exact) mass is 482 g/mol. The molecule has 1 fully saturated rings. The fourth-order valence-corrected chi connectivity index (χ4v) is 4.33. The molecule has 1 aliphatic rings. The van der Waals surface area contributed by atoms with Crippen LogP contribution in [0.2, 0.25) is 0 Å². The van der Waals surface area contributed by atoms with E-state index in [0.29, 0.717) is 43.8 Å². The van der Waals surface area contributed by atoms with Gasteiger partial charge in [0.05, 0.1) is 45.7 Å². The van der Waals surface area contributed by atoms with Crippen LogP contribution >= 0.6 is 15.9 Å². The molecule has 1 rings (SSSR count). The van der Waals surface area contributed by atoms with Crippen molar-refractivity contribution >= 4 is 15.9 Å². The lowest BCUT2D eigenvalue weighted by atomic mass is 10.00. The van der Waals surface area contributed by atoms with Gasteiger partial charge in [-0.05, 0) is 31.6 Å². The molecule has 29 heavy (non-hydrogen) atoms. The van der Waals surface area contributed by atoms with Crippen molar-refractivity contribution in [3.05, 3.63) is 0 Å². The van der Waals surface area contributed by atoms with E-state index in [9.17, 15) is 0 Å². The van der Waals surface area contributed by atoms with Gasteiger partial charge < -0.3 is 28.8 Å². The maximum Gasteiger partial charge on any atom is 0.168 e. The zero-order chi connectivity index (χ0) is 21.4. The molecule has 0 heterocycles. The van der Waals surface area contributed by atoms with E-state index in [1.165, 1.54) is 19.3 Å². The number of rotatable bonds is 19. The molecule has 1 saturated carbocycles. The van der Waals surface area contributed by atoms with E-state index in [1.54, 1.807) is 7.11 Å². The van der Waals surface area contributed by atoms with Crippen LogP contribution in [0.4, 0.5) is 0 Å². The minimum absolute atomic E-state index is 0.0544. The quantitative estimate of drug-likeness (QED) is 0.168. The van der Waals surface area contributed by atoms with Crippen LogP contribution in [0, 0.1) is 5.92 Å². The first-order chi connectivity index (χ1) is 14.1. The molecule has 0 amide bonds. The lowest BCUT2D eigenvalue weighted by Crippen LogP contribution is -2.39. The topological polar surface area (TPSA) is 66.4 Å². The van der Waals surface area contributed by atoms with Crippen molar-refractivity contribution in [1.82, 2.24) is 0 Å². The first kappa shape index (κ1) is 27.3. The number of aliphatic hydroxyl groups is 1. The highest BCUT2D eigenvalue weighted by Gasteiger charge is 2.42. The van der Waals surface area contributed by atoms with E-state index in [2.05, 4.69) is 29.8 Å². The molecule has 0 aromatic carbocycles. The lowest BCUT2D eigenvalue weighted by Gasteiger charge is -2.34. The van der Waals surface area contributed by atoms with Crippen LogP contribution in [0.5, 0.6) is 0 Å². The average Bonchev–Trinajstić information content (AvgIpc) is 3.15. The Bertz CT molecular complexity index is 386. The molecule has 6 nitrogen and oxygen atoms in total. The fraction of sp³-hybridized carbons (Fsp3) is 1.00. The smallest absolute Gasteiger partial charge is 0.168 e. The van der Waals surface area contributed by atoms with Gasteiger partial charge in [-0.3, -0.25) is 0 Å². The molecule has 1 aliphatic carbocycles. The first-order valence-electron chi connectivity index (χ1n) is 11.3. The predicted octanol–water partition coefficient (Wildman–Crippen LogP) is 4.31. The summed E-state index contributed by atoms with van der Waals surface area (Å²) in [4.78, 5) is 0.382. The van der Waals surface area contributed by atoms with Gasteiger partial charge in [0.15, 0.2) is 5.79 Å². The molecule has 4 atom stereocenters. The number of unbranched alkanes of at least 4 members (excludes halogenated alkanes) is 1. The van der Waals surface area contributed by atoms with Gasteiger partial charge >= 0.3 is 0 Å². The number of methoxy groups -OCH3 is 1. The third-order valence-corrected chi connectivity index (χ3v) is 6.83. The van der Waals surface area contributed by atoms with Crippen LogP contribution in [0.25, 0.3) is 0 Å². The SMILES string of the molecule is CCC(Br)C(CC)OC1(OC)CCC(CCCCOCCOCCOCCO)C1. The number of ether oxygens (including phenoxy) is 5. The third kappa shape index (κ3) is 11.4. The number of alkyl halides is 1.